The second-order valence-electron chi connectivity index (χ2n) is 12.4. The fourth-order valence-electron chi connectivity index (χ4n) is 5.51. The number of hydrogen-bond donors (Lipinski definition) is 3. The minimum atomic E-state index is -0.530. The highest BCUT2D eigenvalue weighted by Gasteiger charge is 2.21. The molecule has 1 aliphatic heterocycles. The molecule has 0 bridgehead atoms. The standard InChI is InChI=1S/C37H42ClFN6O4/c1-23(2)41-34(46)26-12-14-31(29(38)20-26)49-36-28(35(47)43-33-24(3)10-8-11-25(33)4)22-40-37(44-36)42-27-13-15-32(30(39)21-27)48-19-9-18-45-16-6-5-7-17-45/h8,10-15,20-23H,5-7,9,16-19H2,1-4H3,(H,41,46)(H,43,47)(H,40,42,44). The smallest absolute Gasteiger partial charge is 0.262 e. The van der Waals surface area contributed by atoms with Gasteiger partial charge in [-0.3, -0.25) is 9.59 Å². The molecule has 10 nitrogen and oxygen atoms in total. The van der Waals surface area contributed by atoms with E-state index in [1.54, 1.807) is 18.2 Å². The maximum Gasteiger partial charge on any atom is 0.262 e. The quantitative estimate of drug-likeness (QED) is 0.121. The van der Waals surface area contributed by atoms with E-state index in [1.807, 2.05) is 45.9 Å². The van der Waals surface area contributed by atoms with Crippen molar-refractivity contribution in [2.24, 2.45) is 0 Å². The van der Waals surface area contributed by atoms with Crippen molar-refractivity contribution in [1.29, 1.82) is 0 Å². The molecule has 3 N–H and O–H groups in total. The number of para-hydroxylation sites is 1. The second-order valence-corrected chi connectivity index (χ2v) is 12.8. The van der Waals surface area contributed by atoms with Crippen LogP contribution >= 0.6 is 11.6 Å². The Hall–Kier alpha value is -4.74. The predicted molar refractivity (Wildman–Crippen MR) is 190 cm³/mol. The van der Waals surface area contributed by atoms with Gasteiger partial charge in [0.1, 0.15) is 11.3 Å². The second kappa shape index (κ2) is 16.6. The number of anilines is 3. The Morgan fingerprint density at radius 1 is 0.980 bits per heavy atom. The van der Waals surface area contributed by atoms with Crippen LogP contribution in [0.3, 0.4) is 0 Å². The van der Waals surface area contributed by atoms with Crippen LogP contribution in [0.5, 0.6) is 17.4 Å². The van der Waals surface area contributed by atoms with Gasteiger partial charge in [-0.15, -0.1) is 0 Å². The molecule has 0 spiro atoms. The van der Waals surface area contributed by atoms with E-state index < -0.39 is 11.7 Å². The molecular formula is C37H42ClFN6O4. The van der Waals surface area contributed by atoms with Gasteiger partial charge in [0.25, 0.3) is 11.8 Å². The van der Waals surface area contributed by atoms with Crippen LogP contribution in [0.25, 0.3) is 0 Å². The Morgan fingerprint density at radius 2 is 1.71 bits per heavy atom. The molecule has 1 aliphatic rings. The number of piperidine rings is 1. The lowest BCUT2D eigenvalue weighted by molar-refractivity contribution is 0.0942. The van der Waals surface area contributed by atoms with Gasteiger partial charge >= 0.3 is 0 Å². The number of carbonyl (C=O) groups excluding carboxylic acids is 2. The Kier molecular flexibility index (Phi) is 12.0. The Bertz CT molecular complexity index is 1780. The van der Waals surface area contributed by atoms with E-state index in [2.05, 4.69) is 30.8 Å². The van der Waals surface area contributed by atoms with E-state index in [4.69, 9.17) is 21.1 Å². The molecule has 3 aromatic carbocycles. The van der Waals surface area contributed by atoms with Crippen molar-refractivity contribution >= 4 is 40.7 Å². The summed E-state index contributed by atoms with van der Waals surface area (Å²) in [4.78, 5) is 37.3. The van der Waals surface area contributed by atoms with E-state index in [9.17, 15) is 9.59 Å². The molecular weight excluding hydrogens is 647 g/mol. The first kappa shape index (κ1) is 35.6. The number of rotatable bonds is 13. The number of amides is 2. The monoisotopic (exact) mass is 688 g/mol. The number of benzene rings is 3. The molecule has 2 amide bonds. The zero-order chi connectivity index (χ0) is 34.9. The highest BCUT2D eigenvalue weighted by Crippen LogP contribution is 2.33. The average molecular weight is 689 g/mol. The molecule has 1 aromatic heterocycles. The van der Waals surface area contributed by atoms with Crippen LogP contribution in [0.1, 0.15) is 71.4 Å². The van der Waals surface area contributed by atoms with Crippen LogP contribution in [0.2, 0.25) is 5.02 Å². The third kappa shape index (κ3) is 9.67. The lowest BCUT2D eigenvalue weighted by Crippen LogP contribution is -2.31. The van der Waals surface area contributed by atoms with Gasteiger partial charge in [0.15, 0.2) is 11.6 Å². The summed E-state index contributed by atoms with van der Waals surface area (Å²) < 4.78 is 26.8. The topological polar surface area (TPSA) is 118 Å². The third-order valence-electron chi connectivity index (χ3n) is 8.05. The van der Waals surface area contributed by atoms with Crippen LogP contribution in [0, 0.1) is 19.7 Å². The largest absolute Gasteiger partial charge is 0.490 e. The molecule has 49 heavy (non-hydrogen) atoms. The zero-order valence-corrected chi connectivity index (χ0v) is 29.0. The number of aryl methyl sites for hydroxylation is 2. The van der Waals surface area contributed by atoms with E-state index >= 15 is 4.39 Å². The predicted octanol–water partition coefficient (Wildman–Crippen LogP) is 8.07. The maximum atomic E-state index is 15.0. The molecule has 0 radical (unpaired) electrons. The van der Waals surface area contributed by atoms with Gasteiger partial charge in [0.05, 0.1) is 11.6 Å². The van der Waals surface area contributed by atoms with Gasteiger partial charge in [-0.25, -0.2) is 9.37 Å². The Balaban J connectivity index is 1.34. The van der Waals surface area contributed by atoms with Gasteiger partial charge in [-0.1, -0.05) is 36.2 Å². The highest BCUT2D eigenvalue weighted by molar-refractivity contribution is 6.32. The number of nitrogens with zero attached hydrogens (tertiary/aromatic N) is 3. The van der Waals surface area contributed by atoms with Crippen molar-refractivity contribution in [3.63, 3.8) is 0 Å². The minimum absolute atomic E-state index is 0.0328. The molecule has 258 valence electrons. The highest BCUT2D eigenvalue weighted by atomic mass is 35.5. The van der Waals surface area contributed by atoms with Crippen LogP contribution < -0.4 is 25.4 Å². The summed E-state index contributed by atoms with van der Waals surface area (Å²) in [5.74, 6) is -1.04. The fourth-order valence-corrected chi connectivity index (χ4v) is 5.72. The third-order valence-corrected chi connectivity index (χ3v) is 8.35. The molecule has 1 saturated heterocycles. The molecule has 1 fully saturated rings. The normalized spacial score (nSPS) is 13.2. The van der Waals surface area contributed by atoms with Gasteiger partial charge in [0.2, 0.25) is 11.8 Å². The number of nitrogens with one attached hydrogen (secondary N) is 3. The van der Waals surface area contributed by atoms with E-state index in [1.165, 1.54) is 43.7 Å². The van der Waals surface area contributed by atoms with Crippen LogP contribution in [0.15, 0.2) is 60.8 Å². The first-order valence-electron chi connectivity index (χ1n) is 16.5. The van der Waals surface area contributed by atoms with Crippen molar-refractivity contribution in [2.75, 3.05) is 36.9 Å². The fraction of sp³-hybridized carbons (Fsp3) is 0.351. The summed E-state index contributed by atoms with van der Waals surface area (Å²) in [6.45, 7) is 11.1. The average Bonchev–Trinajstić information content (AvgIpc) is 3.07. The van der Waals surface area contributed by atoms with E-state index in [0.29, 0.717) is 23.5 Å². The number of halogens is 2. The van der Waals surface area contributed by atoms with Gasteiger partial charge in [-0.2, -0.15) is 4.98 Å². The number of hydrogen-bond acceptors (Lipinski definition) is 8. The molecule has 5 rings (SSSR count). The minimum Gasteiger partial charge on any atom is -0.490 e. The molecule has 0 saturated carbocycles. The number of ether oxygens (including phenoxy) is 2. The first-order valence-corrected chi connectivity index (χ1v) is 16.9. The van der Waals surface area contributed by atoms with Crippen molar-refractivity contribution in [3.05, 3.63) is 93.9 Å². The lowest BCUT2D eigenvalue weighted by Gasteiger charge is -2.26. The van der Waals surface area contributed by atoms with Gasteiger partial charge in [0, 0.05) is 41.8 Å². The Morgan fingerprint density at radius 3 is 2.41 bits per heavy atom. The summed E-state index contributed by atoms with van der Waals surface area (Å²) in [5, 5.41) is 8.86. The number of carbonyl (C=O) groups is 2. The van der Waals surface area contributed by atoms with E-state index in [-0.39, 0.29) is 45.9 Å². The molecule has 12 heteroatoms. The molecule has 4 aromatic rings. The van der Waals surface area contributed by atoms with Crippen molar-refractivity contribution in [3.8, 4) is 17.4 Å². The molecule has 0 unspecified atom stereocenters. The first-order chi connectivity index (χ1) is 23.6. The number of likely N-dealkylation sites (tertiary alicyclic amines) is 1. The van der Waals surface area contributed by atoms with Crippen LogP contribution in [0.4, 0.5) is 21.7 Å². The van der Waals surface area contributed by atoms with Crippen LogP contribution in [-0.2, 0) is 0 Å². The zero-order valence-electron chi connectivity index (χ0n) is 28.2. The van der Waals surface area contributed by atoms with Crippen molar-refractivity contribution in [2.45, 2.75) is 59.4 Å². The lowest BCUT2D eigenvalue weighted by atomic mass is 10.1. The summed E-state index contributed by atoms with van der Waals surface area (Å²) in [6, 6.07) is 14.7. The van der Waals surface area contributed by atoms with Crippen molar-refractivity contribution < 1.29 is 23.5 Å². The van der Waals surface area contributed by atoms with Gasteiger partial charge in [-0.05, 0) is 102 Å². The van der Waals surface area contributed by atoms with E-state index in [0.717, 1.165) is 37.2 Å². The van der Waals surface area contributed by atoms with Gasteiger partial charge < -0.3 is 30.3 Å². The molecule has 2 heterocycles. The molecule has 0 atom stereocenters. The van der Waals surface area contributed by atoms with Crippen molar-refractivity contribution in [1.82, 2.24) is 20.2 Å². The molecule has 0 aliphatic carbocycles. The summed E-state index contributed by atoms with van der Waals surface area (Å²) in [6.07, 6.45) is 5.88. The Labute approximate surface area is 291 Å². The summed E-state index contributed by atoms with van der Waals surface area (Å²) >= 11 is 6.53. The SMILES string of the molecule is Cc1cccc(C)c1NC(=O)c1cnc(Nc2ccc(OCCCN3CCCCC3)c(F)c2)nc1Oc1ccc(C(=O)NC(C)C)cc1Cl. The maximum absolute atomic E-state index is 15.0. The van der Waals surface area contributed by atoms with Crippen LogP contribution in [-0.4, -0.2) is 59.0 Å². The summed E-state index contributed by atoms with van der Waals surface area (Å²) in [7, 11) is 0. The summed E-state index contributed by atoms with van der Waals surface area (Å²) in [5.41, 5.74) is 3.17. The number of aromatic nitrogens is 2.